The molecule has 0 aliphatic carbocycles. The first-order chi connectivity index (χ1) is 9.58. The molecule has 1 heterocycles. The van der Waals surface area contributed by atoms with Crippen molar-refractivity contribution in [1.29, 1.82) is 0 Å². The van der Waals surface area contributed by atoms with E-state index in [0.717, 1.165) is 26.2 Å². The molecule has 1 rings (SSSR count). The zero-order valence-electron chi connectivity index (χ0n) is 12.5. The average molecular weight is 276 g/mol. The van der Waals surface area contributed by atoms with E-state index in [9.17, 15) is 9.59 Å². The number of rotatable bonds is 6. The number of carbonyl (C=O) groups excluding carboxylic acids is 2. The zero-order chi connectivity index (χ0) is 15.0. The van der Waals surface area contributed by atoms with Crippen molar-refractivity contribution in [2.24, 2.45) is 0 Å². The van der Waals surface area contributed by atoms with Gasteiger partial charge in [-0.1, -0.05) is 18.7 Å². The number of carbonyl (C=O) groups is 2. The van der Waals surface area contributed by atoms with E-state index >= 15 is 0 Å². The molecule has 4 nitrogen and oxygen atoms in total. The van der Waals surface area contributed by atoms with E-state index in [4.69, 9.17) is 0 Å². The minimum Gasteiger partial charge on any atom is -0.371 e. The summed E-state index contributed by atoms with van der Waals surface area (Å²) in [7, 11) is 0. The summed E-state index contributed by atoms with van der Waals surface area (Å²) in [5, 5.41) is 0. The maximum Gasteiger partial charge on any atom is 0.223 e. The molecule has 4 heteroatoms. The summed E-state index contributed by atoms with van der Waals surface area (Å²) in [6, 6.07) is 0. The Morgan fingerprint density at radius 1 is 1.10 bits per heavy atom. The lowest BCUT2D eigenvalue weighted by Crippen LogP contribution is -2.47. The van der Waals surface area contributed by atoms with Crippen molar-refractivity contribution in [3.8, 4) is 0 Å². The molecular weight excluding hydrogens is 252 g/mol. The molecule has 20 heavy (non-hydrogen) atoms. The molecule has 1 aliphatic heterocycles. The second-order valence-corrected chi connectivity index (χ2v) is 4.88. The number of amides is 1. The van der Waals surface area contributed by atoms with Gasteiger partial charge >= 0.3 is 0 Å². The fourth-order valence-electron chi connectivity index (χ4n) is 2.24. The molecular formula is C16H24N2O2. The molecule has 1 fully saturated rings. The largest absolute Gasteiger partial charge is 0.371 e. The topological polar surface area (TPSA) is 40.6 Å². The summed E-state index contributed by atoms with van der Waals surface area (Å²) in [5.41, 5.74) is 1.18. The highest BCUT2D eigenvalue weighted by atomic mass is 16.2. The smallest absolute Gasteiger partial charge is 0.223 e. The number of nitrogens with zero attached hydrogens (tertiary/aromatic N) is 2. The molecule has 0 spiro atoms. The van der Waals surface area contributed by atoms with Crippen molar-refractivity contribution < 1.29 is 9.59 Å². The highest BCUT2D eigenvalue weighted by Gasteiger charge is 2.20. The van der Waals surface area contributed by atoms with Crippen LogP contribution in [-0.4, -0.2) is 47.7 Å². The van der Waals surface area contributed by atoms with Gasteiger partial charge in [-0.2, -0.15) is 0 Å². The summed E-state index contributed by atoms with van der Waals surface area (Å²) >= 11 is 0. The summed E-state index contributed by atoms with van der Waals surface area (Å²) in [4.78, 5) is 27.5. The highest BCUT2D eigenvalue weighted by Crippen LogP contribution is 2.10. The first-order valence-electron chi connectivity index (χ1n) is 7.06. The van der Waals surface area contributed by atoms with E-state index in [1.54, 1.807) is 19.1 Å². The number of ketones is 1. The molecule has 0 aromatic carbocycles. The molecule has 1 aliphatic rings. The number of hydrogen-bond donors (Lipinski definition) is 0. The van der Waals surface area contributed by atoms with E-state index in [2.05, 4.69) is 18.4 Å². The third-order valence-corrected chi connectivity index (χ3v) is 3.43. The molecule has 0 aromatic heterocycles. The van der Waals surface area contributed by atoms with Crippen molar-refractivity contribution in [2.45, 2.75) is 26.7 Å². The minimum atomic E-state index is 0.0178. The third kappa shape index (κ3) is 5.03. The molecule has 110 valence electrons. The van der Waals surface area contributed by atoms with Crippen molar-refractivity contribution in [3.63, 3.8) is 0 Å². The Kier molecular flexibility index (Phi) is 6.77. The third-order valence-electron chi connectivity index (χ3n) is 3.43. The lowest BCUT2D eigenvalue weighted by molar-refractivity contribution is -0.134. The minimum absolute atomic E-state index is 0.0178. The van der Waals surface area contributed by atoms with Crippen LogP contribution in [0.15, 0.2) is 36.6 Å². The van der Waals surface area contributed by atoms with Gasteiger partial charge in [0.1, 0.15) is 0 Å². The molecule has 0 atom stereocenters. The molecule has 0 aromatic rings. The van der Waals surface area contributed by atoms with Gasteiger partial charge in [-0.3, -0.25) is 9.59 Å². The Labute approximate surface area is 121 Å². The van der Waals surface area contributed by atoms with Crippen LogP contribution in [0.5, 0.6) is 0 Å². The van der Waals surface area contributed by atoms with Crippen molar-refractivity contribution in [1.82, 2.24) is 9.80 Å². The monoisotopic (exact) mass is 276 g/mol. The van der Waals surface area contributed by atoms with Gasteiger partial charge in [0.2, 0.25) is 5.91 Å². The van der Waals surface area contributed by atoms with Crippen LogP contribution in [0.25, 0.3) is 0 Å². The quantitative estimate of drug-likeness (QED) is 0.551. The fourth-order valence-corrected chi connectivity index (χ4v) is 2.24. The molecule has 0 saturated carbocycles. The van der Waals surface area contributed by atoms with Gasteiger partial charge in [0.15, 0.2) is 5.78 Å². The van der Waals surface area contributed by atoms with Crippen LogP contribution in [0.2, 0.25) is 0 Å². The number of allylic oxidation sites excluding steroid dienone is 5. The molecule has 1 saturated heterocycles. The Morgan fingerprint density at radius 3 is 2.25 bits per heavy atom. The maximum atomic E-state index is 12.0. The Morgan fingerprint density at radius 2 is 1.70 bits per heavy atom. The van der Waals surface area contributed by atoms with E-state index < -0.39 is 0 Å². The van der Waals surface area contributed by atoms with Crippen molar-refractivity contribution >= 4 is 11.7 Å². The Bertz CT molecular complexity index is 416. The summed E-state index contributed by atoms with van der Waals surface area (Å²) in [6.07, 6.45) is 7.60. The normalized spacial score (nSPS) is 16.6. The van der Waals surface area contributed by atoms with Crippen molar-refractivity contribution in [2.75, 3.05) is 26.2 Å². The zero-order valence-corrected chi connectivity index (χ0v) is 12.5. The van der Waals surface area contributed by atoms with Crippen LogP contribution in [0, 0.1) is 0 Å². The van der Waals surface area contributed by atoms with Crippen molar-refractivity contribution in [3.05, 3.63) is 36.6 Å². The molecule has 0 radical (unpaired) electrons. The van der Waals surface area contributed by atoms with Crippen LogP contribution in [-0.2, 0) is 9.59 Å². The van der Waals surface area contributed by atoms with Crippen LogP contribution >= 0.6 is 0 Å². The van der Waals surface area contributed by atoms with Crippen LogP contribution < -0.4 is 0 Å². The summed E-state index contributed by atoms with van der Waals surface area (Å²) in [5.74, 6) is 0.0945. The number of piperazine rings is 1. The predicted octanol–water partition coefficient (Wildman–Crippen LogP) is 2.15. The predicted molar refractivity (Wildman–Crippen MR) is 81.2 cm³/mol. The van der Waals surface area contributed by atoms with Gasteiger partial charge < -0.3 is 9.80 Å². The summed E-state index contributed by atoms with van der Waals surface area (Å²) in [6.45, 7) is 10.7. The Hall–Kier alpha value is -1.84. The SMILES string of the molecule is C=C/C=C(/C)N1CCN(C(=O)CCC(=O)/C=C/C)CC1. The summed E-state index contributed by atoms with van der Waals surface area (Å²) < 4.78 is 0. The lowest BCUT2D eigenvalue weighted by atomic mass is 10.2. The second kappa shape index (κ2) is 8.35. The molecule has 0 N–H and O–H groups in total. The van der Waals surface area contributed by atoms with Crippen LogP contribution in [0.3, 0.4) is 0 Å². The van der Waals surface area contributed by atoms with Crippen LogP contribution in [0.1, 0.15) is 26.7 Å². The maximum absolute atomic E-state index is 12.0. The second-order valence-electron chi connectivity index (χ2n) is 4.88. The van der Waals surface area contributed by atoms with E-state index in [0.29, 0.717) is 12.8 Å². The fraction of sp³-hybridized carbons (Fsp3) is 0.500. The van der Waals surface area contributed by atoms with Gasteiger partial charge in [0.25, 0.3) is 0 Å². The van der Waals surface area contributed by atoms with E-state index in [-0.39, 0.29) is 11.7 Å². The van der Waals surface area contributed by atoms with Gasteiger partial charge in [-0.05, 0) is 26.0 Å². The van der Waals surface area contributed by atoms with E-state index in [1.165, 1.54) is 11.8 Å². The number of hydrogen-bond acceptors (Lipinski definition) is 3. The molecule has 0 bridgehead atoms. The van der Waals surface area contributed by atoms with Gasteiger partial charge in [0.05, 0.1) is 0 Å². The first-order valence-corrected chi connectivity index (χ1v) is 7.06. The highest BCUT2D eigenvalue weighted by molar-refractivity contribution is 5.92. The lowest BCUT2D eigenvalue weighted by Gasteiger charge is -2.36. The molecule has 1 amide bonds. The average Bonchev–Trinajstić information content (AvgIpc) is 2.45. The first kappa shape index (κ1) is 16.2. The standard InChI is InChI=1S/C16H24N2O2/c1-4-6-14(3)17-10-12-18(13-11-17)16(20)9-8-15(19)7-5-2/h4-7H,1,8-13H2,2-3H3/b7-5+,14-6-. The molecule has 0 unspecified atom stereocenters. The van der Waals surface area contributed by atoms with E-state index in [1.807, 2.05) is 11.0 Å². The Balaban J connectivity index is 2.37. The van der Waals surface area contributed by atoms with Gasteiger partial charge in [-0.25, -0.2) is 0 Å². The van der Waals surface area contributed by atoms with Gasteiger partial charge in [-0.15, -0.1) is 0 Å². The van der Waals surface area contributed by atoms with Crippen LogP contribution in [0.4, 0.5) is 0 Å². The van der Waals surface area contributed by atoms with Gasteiger partial charge in [0, 0.05) is 44.7 Å².